The fraction of sp³-hybridized carbons (Fsp3) is 0.0500. The first-order valence-electron chi connectivity index (χ1n) is 7.34. The first-order chi connectivity index (χ1) is 12.0. The molecule has 5 nitrogen and oxygen atoms in total. The highest BCUT2D eigenvalue weighted by molar-refractivity contribution is 6.00. The largest absolute Gasteiger partial charge is 0.482 e. The number of terminal acetylenes is 1. The van der Waals surface area contributed by atoms with E-state index in [1.807, 2.05) is 18.2 Å². The monoisotopic (exact) mass is 332 g/mol. The molecule has 2 aromatic carbocycles. The van der Waals surface area contributed by atoms with Gasteiger partial charge in [0, 0.05) is 23.9 Å². The number of aliphatic imine (C=N–C) groups is 1. The summed E-state index contributed by atoms with van der Waals surface area (Å²) >= 11 is 0. The summed E-state index contributed by atoms with van der Waals surface area (Å²) in [4.78, 5) is 14.8. The van der Waals surface area contributed by atoms with E-state index in [-0.39, 0.29) is 12.3 Å². The van der Waals surface area contributed by atoms with E-state index in [1.165, 1.54) is 12.1 Å². The van der Waals surface area contributed by atoms with Gasteiger partial charge >= 0.3 is 0 Å². The molecule has 0 fully saturated rings. The second-order valence-corrected chi connectivity index (χ2v) is 5.05. The first kappa shape index (κ1) is 17.7. The van der Waals surface area contributed by atoms with Crippen molar-refractivity contribution in [3.63, 3.8) is 0 Å². The molecule has 0 bridgehead atoms. The number of nitrogens with zero attached hydrogens (tertiary/aromatic N) is 2. The number of allylic oxidation sites excluding steroid dienone is 2. The quantitative estimate of drug-likeness (QED) is 0.188. The Labute approximate surface area is 145 Å². The van der Waals surface area contributed by atoms with Crippen molar-refractivity contribution in [1.82, 2.24) is 0 Å². The number of rotatable bonds is 7. The summed E-state index contributed by atoms with van der Waals surface area (Å²) in [6.45, 7) is 7.65. The fourth-order valence-corrected chi connectivity index (χ4v) is 2.08. The van der Waals surface area contributed by atoms with Crippen LogP contribution >= 0.6 is 0 Å². The van der Waals surface area contributed by atoms with Gasteiger partial charge in [-0.3, -0.25) is 15.1 Å². The van der Waals surface area contributed by atoms with Gasteiger partial charge in [0.05, 0.1) is 10.6 Å². The minimum atomic E-state index is -0.420. The van der Waals surface area contributed by atoms with Crippen molar-refractivity contribution in [2.45, 2.75) is 0 Å². The molecule has 0 N–H and O–H groups in total. The molecule has 0 aliphatic rings. The molecule has 0 unspecified atom stereocenters. The van der Waals surface area contributed by atoms with E-state index < -0.39 is 4.92 Å². The van der Waals surface area contributed by atoms with Gasteiger partial charge in [0.2, 0.25) is 0 Å². The first-order valence-corrected chi connectivity index (χ1v) is 7.34. The Morgan fingerprint density at radius 2 is 2.12 bits per heavy atom. The zero-order valence-electron chi connectivity index (χ0n) is 13.5. The highest BCUT2D eigenvalue weighted by atomic mass is 16.6. The summed E-state index contributed by atoms with van der Waals surface area (Å²) in [7, 11) is 0. The van der Waals surface area contributed by atoms with Gasteiger partial charge in [-0.15, -0.1) is 6.42 Å². The number of fused-ring (bicyclic) bond motifs is 1. The Balaban J connectivity index is 2.20. The molecule has 0 aromatic heterocycles. The average Bonchev–Trinajstić information content (AvgIpc) is 2.62. The van der Waals surface area contributed by atoms with Crippen molar-refractivity contribution >= 4 is 22.7 Å². The van der Waals surface area contributed by atoms with Crippen LogP contribution in [0.3, 0.4) is 0 Å². The number of ether oxygens (including phenoxy) is 1. The maximum atomic E-state index is 11.0. The highest BCUT2D eigenvalue weighted by Gasteiger charge is 2.07. The lowest BCUT2D eigenvalue weighted by molar-refractivity contribution is -0.384. The Kier molecular flexibility index (Phi) is 5.86. The summed E-state index contributed by atoms with van der Waals surface area (Å²) in [6.07, 6.45) is 9.97. The standard InChI is InChI=1S/C20H16N2O3/c1-4-12-25-16(3)9-8-15(2)21-14-18-7-5-6-17-10-11-19(22(23)24)13-20(17)18/h1,5-11,13-14H,2-3,12H2/b9-8-,21-14?. The lowest BCUT2D eigenvalue weighted by Gasteiger charge is -2.02. The highest BCUT2D eigenvalue weighted by Crippen LogP contribution is 2.23. The van der Waals surface area contributed by atoms with E-state index in [1.54, 1.807) is 24.4 Å². The number of benzene rings is 2. The Bertz CT molecular complexity index is 934. The lowest BCUT2D eigenvalue weighted by Crippen LogP contribution is -1.90. The number of nitro groups is 1. The minimum absolute atomic E-state index is 0.0361. The number of hydrogen-bond acceptors (Lipinski definition) is 4. The summed E-state index contributed by atoms with van der Waals surface area (Å²) in [5, 5.41) is 12.6. The topological polar surface area (TPSA) is 64.7 Å². The zero-order valence-corrected chi connectivity index (χ0v) is 13.5. The summed E-state index contributed by atoms with van der Waals surface area (Å²) in [6, 6.07) is 10.3. The number of nitro benzene ring substituents is 1. The van der Waals surface area contributed by atoms with Crippen LogP contribution in [0.2, 0.25) is 0 Å². The maximum Gasteiger partial charge on any atom is 0.270 e. The van der Waals surface area contributed by atoms with Crippen LogP contribution in [0, 0.1) is 22.5 Å². The van der Waals surface area contributed by atoms with Gasteiger partial charge in [0.1, 0.15) is 12.4 Å². The average molecular weight is 332 g/mol. The van der Waals surface area contributed by atoms with Crippen LogP contribution in [-0.4, -0.2) is 17.7 Å². The number of non-ortho nitro benzene ring substituents is 1. The van der Waals surface area contributed by atoms with E-state index in [0.717, 1.165) is 16.3 Å². The molecule has 0 saturated heterocycles. The van der Waals surface area contributed by atoms with Crippen molar-refractivity contribution in [2.75, 3.05) is 6.61 Å². The molecule has 5 heteroatoms. The van der Waals surface area contributed by atoms with Gasteiger partial charge in [0.15, 0.2) is 0 Å². The third kappa shape index (κ3) is 4.91. The van der Waals surface area contributed by atoms with Crippen LogP contribution in [-0.2, 0) is 4.74 Å². The summed E-state index contributed by atoms with van der Waals surface area (Å²) < 4.78 is 5.12. The van der Waals surface area contributed by atoms with Crippen molar-refractivity contribution in [2.24, 2.45) is 4.99 Å². The van der Waals surface area contributed by atoms with Gasteiger partial charge in [-0.2, -0.15) is 0 Å². The lowest BCUT2D eigenvalue weighted by atomic mass is 10.0. The van der Waals surface area contributed by atoms with Gasteiger partial charge in [-0.25, -0.2) is 0 Å². The van der Waals surface area contributed by atoms with Crippen molar-refractivity contribution < 1.29 is 9.66 Å². The molecule has 25 heavy (non-hydrogen) atoms. The van der Waals surface area contributed by atoms with Gasteiger partial charge in [-0.1, -0.05) is 37.3 Å². The molecule has 2 rings (SSSR count). The SMILES string of the molecule is C#CCOC(=C)/C=C\C(=C)N=Cc1cccc2ccc([N+](=O)[O-])cc12. The van der Waals surface area contributed by atoms with Gasteiger partial charge < -0.3 is 4.74 Å². The predicted molar refractivity (Wildman–Crippen MR) is 100 cm³/mol. The van der Waals surface area contributed by atoms with Gasteiger partial charge in [-0.05, 0) is 29.0 Å². The molecule has 0 spiro atoms. The molecule has 0 radical (unpaired) electrons. The molecule has 0 aliphatic carbocycles. The summed E-state index contributed by atoms with van der Waals surface area (Å²) in [5.41, 5.74) is 1.28. The predicted octanol–water partition coefficient (Wildman–Crippen LogP) is 4.40. The second kappa shape index (κ2) is 8.27. The number of hydrogen-bond donors (Lipinski definition) is 0. The zero-order chi connectivity index (χ0) is 18.2. The molecule has 0 amide bonds. The van der Waals surface area contributed by atoms with Crippen LogP contribution in [0.5, 0.6) is 0 Å². The van der Waals surface area contributed by atoms with Gasteiger partial charge in [0.25, 0.3) is 5.69 Å². The van der Waals surface area contributed by atoms with E-state index >= 15 is 0 Å². The van der Waals surface area contributed by atoms with E-state index in [2.05, 4.69) is 24.1 Å². The van der Waals surface area contributed by atoms with Crippen LogP contribution in [0.15, 0.2) is 78.2 Å². The van der Waals surface area contributed by atoms with Crippen LogP contribution in [0.4, 0.5) is 5.69 Å². The van der Waals surface area contributed by atoms with E-state index in [0.29, 0.717) is 11.5 Å². The molecule has 2 aromatic rings. The maximum absolute atomic E-state index is 11.0. The van der Waals surface area contributed by atoms with Crippen molar-refractivity contribution in [3.05, 3.63) is 88.8 Å². The fourth-order valence-electron chi connectivity index (χ4n) is 2.08. The summed E-state index contributed by atoms with van der Waals surface area (Å²) in [5.74, 6) is 2.76. The molecular weight excluding hydrogens is 316 g/mol. The normalized spacial score (nSPS) is 10.8. The van der Waals surface area contributed by atoms with E-state index in [9.17, 15) is 10.1 Å². The third-order valence-corrected chi connectivity index (χ3v) is 3.28. The molecule has 0 saturated carbocycles. The van der Waals surface area contributed by atoms with Crippen LogP contribution in [0.25, 0.3) is 10.8 Å². The molecule has 124 valence electrons. The Hall–Kier alpha value is -3.65. The van der Waals surface area contributed by atoms with E-state index in [4.69, 9.17) is 11.2 Å². The Morgan fingerprint density at radius 1 is 1.32 bits per heavy atom. The Morgan fingerprint density at radius 3 is 2.84 bits per heavy atom. The van der Waals surface area contributed by atoms with Crippen molar-refractivity contribution in [3.8, 4) is 12.3 Å². The van der Waals surface area contributed by atoms with Crippen molar-refractivity contribution in [1.29, 1.82) is 0 Å². The second-order valence-electron chi connectivity index (χ2n) is 5.05. The van der Waals surface area contributed by atoms with Crippen LogP contribution in [0.1, 0.15) is 5.56 Å². The third-order valence-electron chi connectivity index (χ3n) is 3.28. The molecular formula is C20H16N2O3. The minimum Gasteiger partial charge on any atom is -0.482 e. The van der Waals surface area contributed by atoms with Crippen LogP contribution < -0.4 is 0 Å². The molecule has 0 aliphatic heterocycles. The smallest absolute Gasteiger partial charge is 0.270 e. The molecule has 0 heterocycles. The molecule has 0 atom stereocenters.